The largest absolute Gasteiger partial charge is 0.489 e. The second-order valence-corrected chi connectivity index (χ2v) is 8.68. The van der Waals surface area contributed by atoms with Gasteiger partial charge in [-0.05, 0) is 49.2 Å². The second-order valence-electron chi connectivity index (χ2n) is 6.17. The number of anilines is 2. The van der Waals surface area contributed by atoms with Gasteiger partial charge in [0.25, 0.3) is 10.0 Å². The van der Waals surface area contributed by atoms with Crippen LogP contribution in [0.2, 0.25) is 0 Å². The zero-order valence-electron chi connectivity index (χ0n) is 14.7. The van der Waals surface area contributed by atoms with E-state index in [1.54, 1.807) is 36.1 Å². The Morgan fingerprint density at radius 1 is 1.19 bits per heavy atom. The zero-order chi connectivity index (χ0) is 19.1. The summed E-state index contributed by atoms with van der Waals surface area (Å²) in [6.45, 7) is 5.84. The maximum Gasteiger partial charge on any atom is 0.262 e. The molecule has 138 valence electrons. The number of benzene rings is 2. The molecular formula is C18H19BrN2O4S. The maximum absolute atomic E-state index is 12.9. The Hall–Kier alpha value is -2.06. The molecule has 0 atom stereocenters. The highest BCUT2D eigenvalue weighted by molar-refractivity contribution is 9.10. The lowest BCUT2D eigenvalue weighted by Crippen LogP contribution is -2.36. The van der Waals surface area contributed by atoms with E-state index in [4.69, 9.17) is 4.74 Å². The van der Waals surface area contributed by atoms with Crippen molar-refractivity contribution < 1.29 is 17.9 Å². The molecule has 1 N–H and O–H groups in total. The van der Waals surface area contributed by atoms with Crippen molar-refractivity contribution in [2.24, 2.45) is 0 Å². The first-order chi connectivity index (χ1) is 12.2. The van der Waals surface area contributed by atoms with E-state index in [1.165, 1.54) is 13.0 Å². The third-order valence-electron chi connectivity index (χ3n) is 4.20. The van der Waals surface area contributed by atoms with Gasteiger partial charge in [-0.15, -0.1) is 0 Å². The third kappa shape index (κ3) is 3.57. The molecule has 0 fully saturated rings. The van der Waals surface area contributed by atoms with Crippen LogP contribution < -0.4 is 14.4 Å². The van der Waals surface area contributed by atoms with Gasteiger partial charge < -0.3 is 9.64 Å². The third-order valence-corrected chi connectivity index (χ3v) is 6.61. The van der Waals surface area contributed by atoms with Crippen LogP contribution in [-0.4, -0.2) is 27.5 Å². The number of nitrogens with one attached hydrogen (secondary N) is 1. The predicted octanol–water partition coefficient (Wildman–Crippen LogP) is 3.61. The van der Waals surface area contributed by atoms with Gasteiger partial charge in [0.05, 0.1) is 17.1 Å². The zero-order valence-corrected chi connectivity index (χ0v) is 17.1. The predicted molar refractivity (Wildman–Crippen MR) is 104 cm³/mol. The molecule has 0 saturated heterocycles. The van der Waals surface area contributed by atoms with Gasteiger partial charge in [0.15, 0.2) is 0 Å². The van der Waals surface area contributed by atoms with Crippen molar-refractivity contribution in [3.63, 3.8) is 0 Å². The molecule has 0 radical (unpaired) electrons. The molecule has 26 heavy (non-hydrogen) atoms. The van der Waals surface area contributed by atoms with Crippen molar-refractivity contribution in [1.82, 2.24) is 0 Å². The Balaban J connectivity index is 2.00. The summed E-state index contributed by atoms with van der Waals surface area (Å²) in [5.41, 5.74) is 2.54. The van der Waals surface area contributed by atoms with Gasteiger partial charge >= 0.3 is 0 Å². The van der Waals surface area contributed by atoms with Gasteiger partial charge in [-0.2, -0.15) is 0 Å². The Bertz CT molecular complexity index is 989. The molecule has 0 bridgehead atoms. The van der Waals surface area contributed by atoms with Gasteiger partial charge in [-0.1, -0.05) is 15.9 Å². The van der Waals surface area contributed by atoms with Gasteiger partial charge in [-0.25, -0.2) is 8.42 Å². The first-order valence-electron chi connectivity index (χ1n) is 8.03. The van der Waals surface area contributed by atoms with Crippen molar-refractivity contribution in [1.29, 1.82) is 0 Å². The SMILES string of the molecule is CC(=O)N1CCOc2cc(S(=O)(=O)Nc3ccc(Br)c(C)c3)c(C)cc21. The summed E-state index contributed by atoms with van der Waals surface area (Å²) in [5, 5.41) is 0. The number of nitrogens with zero attached hydrogens (tertiary/aromatic N) is 1. The van der Waals surface area contributed by atoms with E-state index in [1.807, 2.05) is 6.92 Å². The van der Waals surface area contributed by atoms with Crippen LogP contribution in [0.3, 0.4) is 0 Å². The number of hydrogen-bond acceptors (Lipinski definition) is 4. The number of sulfonamides is 1. The fourth-order valence-corrected chi connectivity index (χ4v) is 4.42. The van der Waals surface area contributed by atoms with Crippen molar-refractivity contribution >= 4 is 43.2 Å². The van der Waals surface area contributed by atoms with E-state index < -0.39 is 10.0 Å². The molecule has 1 amide bonds. The lowest BCUT2D eigenvalue weighted by atomic mass is 10.1. The number of carbonyl (C=O) groups excluding carboxylic acids is 1. The molecule has 2 aromatic rings. The standard InChI is InChI=1S/C18H19BrN2O4S/c1-11-8-14(4-5-15(11)19)20-26(23,24)18-10-17-16(9-12(18)2)21(13(3)22)6-7-25-17/h4-5,8-10,20H,6-7H2,1-3H3. The highest BCUT2D eigenvalue weighted by atomic mass is 79.9. The average Bonchev–Trinajstić information content (AvgIpc) is 2.56. The lowest BCUT2D eigenvalue weighted by Gasteiger charge is -2.29. The minimum absolute atomic E-state index is 0.104. The van der Waals surface area contributed by atoms with Gasteiger partial charge in [0.1, 0.15) is 12.4 Å². The van der Waals surface area contributed by atoms with E-state index in [0.29, 0.717) is 35.8 Å². The maximum atomic E-state index is 12.9. The Morgan fingerprint density at radius 2 is 1.92 bits per heavy atom. The van der Waals surface area contributed by atoms with Gasteiger partial charge in [-0.3, -0.25) is 9.52 Å². The Labute approximate surface area is 161 Å². The molecule has 0 saturated carbocycles. The molecule has 1 aliphatic heterocycles. The monoisotopic (exact) mass is 438 g/mol. The van der Waals surface area contributed by atoms with Crippen LogP contribution in [0.15, 0.2) is 39.7 Å². The topological polar surface area (TPSA) is 75.7 Å². The minimum atomic E-state index is -3.79. The van der Waals surface area contributed by atoms with E-state index >= 15 is 0 Å². The summed E-state index contributed by atoms with van der Waals surface area (Å²) in [4.78, 5) is 13.5. The number of hydrogen-bond donors (Lipinski definition) is 1. The fraction of sp³-hybridized carbons (Fsp3) is 0.278. The first-order valence-corrected chi connectivity index (χ1v) is 10.3. The molecule has 1 aliphatic rings. The molecular weight excluding hydrogens is 420 g/mol. The van der Waals surface area contributed by atoms with E-state index in [0.717, 1.165) is 10.0 Å². The second kappa shape index (κ2) is 6.92. The summed E-state index contributed by atoms with van der Waals surface area (Å²) in [7, 11) is -3.79. The molecule has 0 spiro atoms. The molecule has 8 heteroatoms. The molecule has 1 heterocycles. The summed E-state index contributed by atoms with van der Waals surface area (Å²) in [6, 6.07) is 8.39. The first kappa shape index (κ1) is 18.7. The smallest absolute Gasteiger partial charge is 0.262 e. The number of fused-ring (bicyclic) bond motifs is 1. The van der Waals surface area contributed by atoms with E-state index in [-0.39, 0.29) is 10.8 Å². The van der Waals surface area contributed by atoms with Crippen LogP contribution in [0.25, 0.3) is 0 Å². The van der Waals surface area contributed by atoms with Crippen LogP contribution in [0.1, 0.15) is 18.1 Å². The quantitative estimate of drug-likeness (QED) is 0.793. The van der Waals surface area contributed by atoms with Crippen LogP contribution in [0, 0.1) is 13.8 Å². The van der Waals surface area contributed by atoms with E-state index in [2.05, 4.69) is 20.7 Å². The van der Waals surface area contributed by atoms with Gasteiger partial charge in [0, 0.05) is 23.2 Å². The Kier molecular flexibility index (Phi) is 4.98. The average molecular weight is 439 g/mol. The Morgan fingerprint density at radius 3 is 2.58 bits per heavy atom. The van der Waals surface area contributed by atoms with E-state index in [9.17, 15) is 13.2 Å². The molecule has 3 rings (SSSR count). The number of ether oxygens (including phenoxy) is 1. The van der Waals surface area contributed by atoms with Crippen molar-refractivity contribution in [2.45, 2.75) is 25.7 Å². The van der Waals surface area contributed by atoms with Crippen LogP contribution >= 0.6 is 15.9 Å². The molecule has 0 aliphatic carbocycles. The van der Waals surface area contributed by atoms with Crippen LogP contribution in [0.5, 0.6) is 5.75 Å². The number of halogens is 1. The van der Waals surface area contributed by atoms with Crippen LogP contribution in [-0.2, 0) is 14.8 Å². The summed E-state index contributed by atoms with van der Waals surface area (Å²) < 4.78 is 34.8. The lowest BCUT2D eigenvalue weighted by molar-refractivity contribution is -0.116. The summed E-state index contributed by atoms with van der Waals surface area (Å²) in [6.07, 6.45) is 0. The minimum Gasteiger partial charge on any atom is -0.489 e. The molecule has 2 aromatic carbocycles. The normalized spacial score (nSPS) is 13.8. The van der Waals surface area contributed by atoms with Gasteiger partial charge in [0.2, 0.25) is 5.91 Å². The highest BCUT2D eigenvalue weighted by Crippen LogP contribution is 2.36. The molecule has 0 unspecified atom stereocenters. The number of aryl methyl sites for hydroxylation is 2. The number of carbonyl (C=O) groups is 1. The van der Waals surface area contributed by atoms with Crippen molar-refractivity contribution in [2.75, 3.05) is 22.8 Å². The summed E-state index contributed by atoms with van der Waals surface area (Å²) in [5.74, 6) is 0.289. The summed E-state index contributed by atoms with van der Waals surface area (Å²) >= 11 is 3.40. The van der Waals surface area contributed by atoms with Crippen molar-refractivity contribution in [3.05, 3.63) is 45.9 Å². The fourth-order valence-electron chi connectivity index (χ4n) is 2.88. The molecule has 6 nitrogen and oxygen atoms in total. The van der Waals surface area contributed by atoms with Crippen molar-refractivity contribution in [3.8, 4) is 5.75 Å². The highest BCUT2D eigenvalue weighted by Gasteiger charge is 2.26. The molecule has 0 aromatic heterocycles. The number of rotatable bonds is 3. The number of amides is 1. The van der Waals surface area contributed by atoms with Crippen LogP contribution in [0.4, 0.5) is 11.4 Å².